The van der Waals surface area contributed by atoms with E-state index >= 15 is 0 Å². The van der Waals surface area contributed by atoms with Crippen molar-refractivity contribution in [2.75, 3.05) is 13.1 Å². The smallest absolute Gasteiger partial charge is 0.108 e. The van der Waals surface area contributed by atoms with Crippen LogP contribution in [-0.2, 0) is 13.5 Å². The summed E-state index contributed by atoms with van der Waals surface area (Å²) in [6.07, 6.45) is 8.73. The molecule has 1 N–H and O–H groups in total. The van der Waals surface area contributed by atoms with E-state index in [2.05, 4.69) is 49.6 Å². The third-order valence-corrected chi connectivity index (χ3v) is 3.83. The van der Waals surface area contributed by atoms with E-state index < -0.39 is 0 Å². The molecule has 0 aliphatic heterocycles. The van der Waals surface area contributed by atoms with Crippen LogP contribution in [0, 0.1) is 11.3 Å². The summed E-state index contributed by atoms with van der Waals surface area (Å²) in [4.78, 5) is 4.43. The topological polar surface area (TPSA) is 29.9 Å². The van der Waals surface area contributed by atoms with Crippen molar-refractivity contribution in [3.63, 3.8) is 0 Å². The summed E-state index contributed by atoms with van der Waals surface area (Å²) in [5, 5.41) is 3.63. The molecule has 0 saturated carbocycles. The van der Waals surface area contributed by atoms with Gasteiger partial charge in [0.1, 0.15) is 5.82 Å². The fraction of sp³-hybridized carbons (Fsp3) is 0.812. The molecule has 0 aliphatic carbocycles. The van der Waals surface area contributed by atoms with Crippen LogP contribution in [0.4, 0.5) is 0 Å². The fourth-order valence-corrected chi connectivity index (χ4v) is 2.62. The van der Waals surface area contributed by atoms with E-state index in [-0.39, 0.29) is 0 Å². The minimum absolute atomic E-state index is 0.385. The maximum atomic E-state index is 4.43. The second kappa shape index (κ2) is 7.68. The van der Waals surface area contributed by atoms with Gasteiger partial charge >= 0.3 is 0 Å². The number of hydrogen-bond donors (Lipinski definition) is 1. The van der Waals surface area contributed by atoms with Crippen LogP contribution in [0.5, 0.6) is 0 Å². The van der Waals surface area contributed by atoms with Gasteiger partial charge in [0.05, 0.1) is 0 Å². The van der Waals surface area contributed by atoms with Crippen LogP contribution >= 0.6 is 0 Å². The van der Waals surface area contributed by atoms with E-state index in [9.17, 15) is 0 Å². The molecule has 1 rings (SSSR count). The third-order valence-electron chi connectivity index (χ3n) is 3.83. The lowest BCUT2D eigenvalue weighted by molar-refractivity contribution is 0.250. The van der Waals surface area contributed by atoms with Crippen molar-refractivity contribution in [3.05, 3.63) is 18.2 Å². The Morgan fingerprint density at radius 2 is 2.11 bits per heavy atom. The highest BCUT2D eigenvalue weighted by Crippen LogP contribution is 2.28. The van der Waals surface area contributed by atoms with Crippen LogP contribution in [0.25, 0.3) is 0 Å². The van der Waals surface area contributed by atoms with Crippen molar-refractivity contribution >= 4 is 0 Å². The van der Waals surface area contributed by atoms with E-state index in [1.165, 1.54) is 25.1 Å². The maximum Gasteiger partial charge on any atom is 0.108 e. The fourth-order valence-electron chi connectivity index (χ4n) is 2.62. The molecule has 1 aromatic heterocycles. The molecule has 110 valence electrons. The Labute approximate surface area is 118 Å². The molecule has 0 aliphatic rings. The van der Waals surface area contributed by atoms with Gasteiger partial charge in [-0.05, 0) is 30.7 Å². The van der Waals surface area contributed by atoms with E-state index in [0.29, 0.717) is 5.41 Å². The largest absolute Gasteiger partial charge is 0.338 e. The molecule has 0 aromatic carbocycles. The van der Waals surface area contributed by atoms with Crippen molar-refractivity contribution < 1.29 is 0 Å². The summed E-state index contributed by atoms with van der Waals surface area (Å²) in [7, 11) is 2.08. The van der Waals surface area contributed by atoms with Crippen LogP contribution in [0.3, 0.4) is 0 Å². The summed E-state index contributed by atoms with van der Waals surface area (Å²) < 4.78 is 2.13. The molecule has 1 atom stereocenters. The van der Waals surface area contributed by atoms with Gasteiger partial charge in [-0.2, -0.15) is 0 Å². The number of nitrogens with zero attached hydrogens (tertiary/aromatic N) is 2. The first-order valence-electron chi connectivity index (χ1n) is 7.64. The van der Waals surface area contributed by atoms with Gasteiger partial charge in [0.2, 0.25) is 0 Å². The Balaban J connectivity index is 2.48. The number of aryl methyl sites for hydroxylation is 2. The molecule has 1 aromatic rings. The number of rotatable bonds is 9. The highest BCUT2D eigenvalue weighted by atomic mass is 15.0. The molecule has 0 amide bonds. The van der Waals surface area contributed by atoms with Gasteiger partial charge in [-0.15, -0.1) is 0 Å². The van der Waals surface area contributed by atoms with E-state index in [1.54, 1.807) is 0 Å². The highest BCUT2D eigenvalue weighted by Gasteiger charge is 2.23. The molecule has 0 fully saturated rings. The van der Waals surface area contributed by atoms with Crippen molar-refractivity contribution in [2.24, 2.45) is 18.4 Å². The molecule has 0 spiro atoms. The lowest BCUT2D eigenvalue weighted by Crippen LogP contribution is -2.34. The van der Waals surface area contributed by atoms with Gasteiger partial charge in [0, 0.05) is 32.4 Å². The number of hydrogen-bond acceptors (Lipinski definition) is 2. The first-order chi connectivity index (χ1) is 8.97. The number of imidazole rings is 1. The summed E-state index contributed by atoms with van der Waals surface area (Å²) in [6.45, 7) is 11.4. The highest BCUT2D eigenvalue weighted by molar-refractivity contribution is 4.93. The summed E-state index contributed by atoms with van der Waals surface area (Å²) >= 11 is 0. The Morgan fingerprint density at radius 3 is 2.63 bits per heavy atom. The second-order valence-electron chi connectivity index (χ2n) is 6.54. The van der Waals surface area contributed by atoms with Crippen LogP contribution < -0.4 is 5.32 Å². The van der Waals surface area contributed by atoms with E-state index in [0.717, 1.165) is 25.4 Å². The molecule has 3 nitrogen and oxygen atoms in total. The van der Waals surface area contributed by atoms with Crippen molar-refractivity contribution in [3.8, 4) is 0 Å². The molecule has 0 bridgehead atoms. The van der Waals surface area contributed by atoms with Gasteiger partial charge in [0.15, 0.2) is 0 Å². The SMILES string of the molecule is CCCC(C)(CCc1nccn1C)CNCC(C)C. The predicted molar refractivity (Wildman–Crippen MR) is 82.3 cm³/mol. The summed E-state index contributed by atoms with van der Waals surface area (Å²) in [5.41, 5.74) is 0.385. The van der Waals surface area contributed by atoms with Crippen molar-refractivity contribution in [1.82, 2.24) is 14.9 Å². The van der Waals surface area contributed by atoms with Crippen molar-refractivity contribution in [1.29, 1.82) is 0 Å². The standard InChI is InChI=1S/C16H31N3/c1-6-8-16(4,13-17-12-14(2)3)9-7-15-18-10-11-19(15)5/h10-11,14,17H,6-9,12-13H2,1-5H3. The van der Waals surface area contributed by atoms with E-state index in [4.69, 9.17) is 0 Å². The summed E-state index contributed by atoms with van der Waals surface area (Å²) in [5.74, 6) is 1.92. The lowest BCUT2D eigenvalue weighted by atomic mass is 9.81. The number of aromatic nitrogens is 2. The van der Waals surface area contributed by atoms with Gasteiger partial charge in [-0.3, -0.25) is 0 Å². The Bertz CT molecular complexity index is 357. The van der Waals surface area contributed by atoms with Crippen LogP contribution in [0.1, 0.15) is 52.8 Å². The van der Waals surface area contributed by atoms with Gasteiger partial charge in [-0.1, -0.05) is 34.1 Å². The zero-order chi connectivity index (χ0) is 14.3. The van der Waals surface area contributed by atoms with Crippen LogP contribution in [0.2, 0.25) is 0 Å². The average molecular weight is 265 g/mol. The average Bonchev–Trinajstić information content (AvgIpc) is 2.72. The first kappa shape index (κ1) is 16.2. The minimum Gasteiger partial charge on any atom is -0.338 e. The van der Waals surface area contributed by atoms with Gasteiger partial charge in [0.25, 0.3) is 0 Å². The van der Waals surface area contributed by atoms with Crippen LogP contribution in [0.15, 0.2) is 12.4 Å². The van der Waals surface area contributed by atoms with E-state index in [1.807, 2.05) is 12.4 Å². The molecule has 0 saturated heterocycles. The normalized spacial score (nSPS) is 14.8. The maximum absolute atomic E-state index is 4.43. The molecular weight excluding hydrogens is 234 g/mol. The predicted octanol–water partition coefficient (Wildman–Crippen LogP) is 3.40. The van der Waals surface area contributed by atoms with Crippen LogP contribution in [-0.4, -0.2) is 22.6 Å². The Hall–Kier alpha value is -0.830. The second-order valence-corrected chi connectivity index (χ2v) is 6.54. The zero-order valence-electron chi connectivity index (χ0n) is 13.4. The summed E-state index contributed by atoms with van der Waals surface area (Å²) in [6, 6.07) is 0. The minimum atomic E-state index is 0.385. The molecule has 0 radical (unpaired) electrons. The quantitative estimate of drug-likeness (QED) is 0.741. The molecule has 19 heavy (non-hydrogen) atoms. The molecule has 3 heteroatoms. The monoisotopic (exact) mass is 265 g/mol. The lowest BCUT2D eigenvalue weighted by Gasteiger charge is -2.30. The van der Waals surface area contributed by atoms with Gasteiger partial charge < -0.3 is 9.88 Å². The zero-order valence-corrected chi connectivity index (χ0v) is 13.4. The van der Waals surface area contributed by atoms with Crippen molar-refractivity contribution in [2.45, 2.75) is 53.4 Å². The Morgan fingerprint density at radius 1 is 1.37 bits per heavy atom. The number of nitrogens with one attached hydrogen (secondary N) is 1. The molecular formula is C16H31N3. The first-order valence-corrected chi connectivity index (χ1v) is 7.64. The molecule has 1 heterocycles. The molecule has 1 unspecified atom stereocenters. The Kier molecular flexibility index (Phi) is 6.56. The van der Waals surface area contributed by atoms with Gasteiger partial charge in [-0.25, -0.2) is 4.98 Å². The third kappa shape index (κ3) is 5.77.